The van der Waals surface area contributed by atoms with Gasteiger partial charge in [0.2, 0.25) is 5.95 Å². The standard InChI is InChI=1S/C14H20ClN3O/c1-14(2)4-3-10-11(9-14)16-13(17-12(10)15)18-5-7-19-8-6-18/h3-9H2,1-2H3. The van der Waals surface area contributed by atoms with Gasteiger partial charge in [0.25, 0.3) is 0 Å². The summed E-state index contributed by atoms with van der Waals surface area (Å²) in [7, 11) is 0. The van der Waals surface area contributed by atoms with Crippen LogP contribution in [0.4, 0.5) is 5.95 Å². The molecule has 19 heavy (non-hydrogen) atoms. The molecule has 2 aliphatic rings. The number of halogens is 1. The first-order valence-corrected chi connectivity index (χ1v) is 7.31. The number of ether oxygens (including phenoxy) is 1. The van der Waals surface area contributed by atoms with Gasteiger partial charge in [0.15, 0.2) is 0 Å². The molecule has 0 spiro atoms. The zero-order valence-electron chi connectivity index (χ0n) is 11.6. The lowest BCUT2D eigenvalue weighted by molar-refractivity contribution is 0.122. The lowest BCUT2D eigenvalue weighted by Crippen LogP contribution is -2.38. The number of hydrogen-bond donors (Lipinski definition) is 0. The Morgan fingerprint density at radius 3 is 2.68 bits per heavy atom. The van der Waals surface area contributed by atoms with E-state index in [1.807, 2.05) is 0 Å². The summed E-state index contributed by atoms with van der Waals surface area (Å²) >= 11 is 6.35. The van der Waals surface area contributed by atoms with Gasteiger partial charge in [-0.05, 0) is 24.7 Å². The SMILES string of the molecule is CC1(C)CCc2c(Cl)nc(N3CCOCC3)nc2C1. The molecule has 104 valence electrons. The fraction of sp³-hybridized carbons (Fsp3) is 0.714. The van der Waals surface area contributed by atoms with Gasteiger partial charge >= 0.3 is 0 Å². The number of morpholine rings is 1. The summed E-state index contributed by atoms with van der Waals surface area (Å²) in [5, 5.41) is 0.641. The molecule has 0 N–H and O–H groups in total. The Labute approximate surface area is 119 Å². The molecule has 0 amide bonds. The van der Waals surface area contributed by atoms with Gasteiger partial charge in [-0.3, -0.25) is 0 Å². The van der Waals surface area contributed by atoms with Gasteiger partial charge < -0.3 is 9.64 Å². The average molecular weight is 282 g/mol. The molecular weight excluding hydrogens is 262 g/mol. The van der Waals surface area contributed by atoms with Crippen molar-refractivity contribution in [3.05, 3.63) is 16.4 Å². The van der Waals surface area contributed by atoms with E-state index in [4.69, 9.17) is 21.3 Å². The van der Waals surface area contributed by atoms with Crippen LogP contribution in [0.5, 0.6) is 0 Å². The maximum absolute atomic E-state index is 6.35. The van der Waals surface area contributed by atoms with Crippen molar-refractivity contribution in [3.63, 3.8) is 0 Å². The normalized spacial score (nSPS) is 22.2. The van der Waals surface area contributed by atoms with E-state index in [0.29, 0.717) is 10.6 Å². The van der Waals surface area contributed by atoms with Crippen LogP contribution < -0.4 is 4.90 Å². The van der Waals surface area contributed by atoms with E-state index in [-0.39, 0.29) is 0 Å². The van der Waals surface area contributed by atoms with Gasteiger partial charge in [0.1, 0.15) is 5.15 Å². The van der Waals surface area contributed by atoms with Crippen molar-refractivity contribution in [3.8, 4) is 0 Å². The third-order valence-corrected chi connectivity index (χ3v) is 4.33. The van der Waals surface area contributed by atoms with Crippen LogP contribution in [-0.4, -0.2) is 36.3 Å². The fourth-order valence-electron chi connectivity index (χ4n) is 2.79. The van der Waals surface area contributed by atoms with Crippen LogP contribution in [0, 0.1) is 5.41 Å². The van der Waals surface area contributed by atoms with Crippen LogP contribution in [0.25, 0.3) is 0 Å². The highest BCUT2D eigenvalue weighted by Gasteiger charge is 2.29. The van der Waals surface area contributed by atoms with Gasteiger partial charge in [-0.25, -0.2) is 9.97 Å². The van der Waals surface area contributed by atoms with Crippen molar-refractivity contribution in [2.75, 3.05) is 31.2 Å². The minimum Gasteiger partial charge on any atom is -0.378 e. The summed E-state index contributed by atoms with van der Waals surface area (Å²) in [5.41, 5.74) is 2.60. The Hall–Kier alpha value is -0.870. The molecular formula is C14H20ClN3O. The predicted molar refractivity (Wildman–Crippen MR) is 75.9 cm³/mol. The van der Waals surface area contributed by atoms with Crippen LogP contribution in [0.3, 0.4) is 0 Å². The first-order valence-electron chi connectivity index (χ1n) is 6.93. The van der Waals surface area contributed by atoms with E-state index in [0.717, 1.165) is 62.8 Å². The zero-order valence-corrected chi connectivity index (χ0v) is 12.3. The minimum atomic E-state index is 0.312. The third-order valence-electron chi connectivity index (χ3n) is 4.02. The fourth-order valence-corrected chi connectivity index (χ4v) is 3.07. The molecule has 2 heterocycles. The Balaban J connectivity index is 1.93. The van der Waals surface area contributed by atoms with Gasteiger partial charge in [0.05, 0.1) is 18.9 Å². The lowest BCUT2D eigenvalue weighted by atomic mass is 9.77. The topological polar surface area (TPSA) is 38.2 Å². The molecule has 3 rings (SSSR count). The van der Waals surface area contributed by atoms with Crippen molar-refractivity contribution in [1.82, 2.24) is 9.97 Å². The molecule has 0 bridgehead atoms. The van der Waals surface area contributed by atoms with Crippen LogP contribution in [0.15, 0.2) is 0 Å². The van der Waals surface area contributed by atoms with E-state index in [1.165, 1.54) is 0 Å². The lowest BCUT2D eigenvalue weighted by Gasteiger charge is -2.32. The van der Waals surface area contributed by atoms with E-state index < -0.39 is 0 Å². The van der Waals surface area contributed by atoms with Gasteiger partial charge in [-0.2, -0.15) is 0 Å². The summed E-state index contributed by atoms with van der Waals surface area (Å²) in [6, 6.07) is 0. The summed E-state index contributed by atoms with van der Waals surface area (Å²) < 4.78 is 5.37. The summed E-state index contributed by atoms with van der Waals surface area (Å²) in [4.78, 5) is 11.4. The second kappa shape index (κ2) is 4.91. The van der Waals surface area contributed by atoms with Crippen molar-refractivity contribution in [2.24, 2.45) is 5.41 Å². The Kier molecular flexibility index (Phi) is 3.39. The first-order chi connectivity index (χ1) is 9.05. The number of anilines is 1. The summed E-state index contributed by atoms with van der Waals surface area (Å²) in [6.07, 6.45) is 3.13. The molecule has 0 unspecified atom stereocenters. The number of nitrogens with zero attached hydrogens (tertiary/aromatic N) is 3. The van der Waals surface area contributed by atoms with Gasteiger partial charge in [-0.1, -0.05) is 25.4 Å². The maximum Gasteiger partial charge on any atom is 0.227 e. The van der Waals surface area contributed by atoms with Crippen LogP contribution in [-0.2, 0) is 17.6 Å². The average Bonchev–Trinajstić information content (AvgIpc) is 2.38. The van der Waals surface area contributed by atoms with Crippen LogP contribution >= 0.6 is 11.6 Å². The quantitative estimate of drug-likeness (QED) is 0.741. The molecule has 5 heteroatoms. The van der Waals surface area contributed by atoms with Gasteiger partial charge in [-0.15, -0.1) is 0 Å². The number of hydrogen-bond acceptors (Lipinski definition) is 4. The van der Waals surface area contributed by atoms with E-state index >= 15 is 0 Å². The molecule has 1 fully saturated rings. The zero-order chi connectivity index (χ0) is 13.5. The van der Waals surface area contributed by atoms with E-state index in [1.54, 1.807) is 0 Å². The highest BCUT2D eigenvalue weighted by molar-refractivity contribution is 6.30. The highest BCUT2D eigenvalue weighted by Crippen LogP contribution is 2.36. The summed E-state index contributed by atoms with van der Waals surface area (Å²) in [5.74, 6) is 0.768. The molecule has 0 aromatic carbocycles. The third kappa shape index (κ3) is 2.70. The smallest absolute Gasteiger partial charge is 0.227 e. The molecule has 1 aromatic rings. The molecule has 0 atom stereocenters. The van der Waals surface area contributed by atoms with Crippen molar-refractivity contribution >= 4 is 17.5 Å². The Bertz CT molecular complexity index is 484. The van der Waals surface area contributed by atoms with E-state index in [9.17, 15) is 0 Å². The van der Waals surface area contributed by atoms with Crippen molar-refractivity contribution in [1.29, 1.82) is 0 Å². The Morgan fingerprint density at radius 2 is 1.95 bits per heavy atom. The molecule has 1 aromatic heterocycles. The first kappa shape index (κ1) is 13.1. The molecule has 1 saturated heterocycles. The Morgan fingerprint density at radius 1 is 1.21 bits per heavy atom. The van der Waals surface area contributed by atoms with E-state index in [2.05, 4.69) is 23.7 Å². The van der Waals surface area contributed by atoms with Crippen molar-refractivity contribution in [2.45, 2.75) is 33.1 Å². The number of fused-ring (bicyclic) bond motifs is 1. The summed E-state index contributed by atoms with van der Waals surface area (Å²) in [6.45, 7) is 7.75. The van der Waals surface area contributed by atoms with Crippen LogP contribution in [0.1, 0.15) is 31.5 Å². The maximum atomic E-state index is 6.35. The second-order valence-corrected chi connectivity index (χ2v) is 6.54. The second-order valence-electron chi connectivity index (χ2n) is 6.18. The number of rotatable bonds is 1. The van der Waals surface area contributed by atoms with Gasteiger partial charge in [0, 0.05) is 18.7 Å². The molecule has 0 radical (unpaired) electrons. The molecule has 1 aliphatic heterocycles. The monoisotopic (exact) mass is 281 g/mol. The van der Waals surface area contributed by atoms with Crippen molar-refractivity contribution < 1.29 is 4.74 Å². The van der Waals surface area contributed by atoms with Crippen LogP contribution in [0.2, 0.25) is 5.15 Å². The largest absolute Gasteiger partial charge is 0.378 e. The number of aromatic nitrogens is 2. The molecule has 4 nitrogen and oxygen atoms in total. The predicted octanol–water partition coefficient (Wildman–Crippen LogP) is 2.48. The molecule has 1 aliphatic carbocycles. The highest BCUT2D eigenvalue weighted by atomic mass is 35.5. The minimum absolute atomic E-state index is 0.312. The molecule has 0 saturated carbocycles.